The molecule has 3 heterocycles. The zero-order valence-electron chi connectivity index (χ0n) is 15.7. The topological polar surface area (TPSA) is 80.9 Å². The summed E-state index contributed by atoms with van der Waals surface area (Å²) in [7, 11) is 0. The highest BCUT2D eigenvalue weighted by molar-refractivity contribution is 6.31. The van der Waals surface area contributed by atoms with E-state index in [0.29, 0.717) is 10.8 Å². The summed E-state index contributed by atoms with van der Waals surface area (Å²) in [5, 5.41) is 5.93. The Labute approximate surface area is 167 Å². The highest BCUT2D eigenvalue weighted by Crippen LogP contribution is 2.22. The maximum absolute atomic E-state index is 6.03. The predicted octanol–water partition coefficient (Wildman–Crippen LogP) is 4.32. The van der Waals surface area contributed by atoms with Crippen LogP contribution in [0.2, 0.25) is 5.02 Å². The first-order valence-corrected chi connectivity index (χ1v) is 9.08. The second-order valence-corrected chi connectivity index (χ2v) is 6.82. The van der Waals surface area contributed by atoms with Crippen molar-refractivity contribution in [1.82, 2.24) is 24.5 Å². The maximum Gasteiger partial charge on any atom is 0.157 e. The molecule has 1 aromatic carbocycles. The summed E-state index contributed by atoms with van der Waals surface area (Å²) < 4.78 is 1.96. The van der Waals surface area contributed by atoms with E-state index >= 15 is 0 Å². The molecule has 3 aromatic heterocycles. The van der Waals surface area contributed by atoms with Gasteiger partial charge in [-0.15, -0.1) is 0 Å². The van der Waals surface area contributed by atoms with Crippen molar-refractivity contribution in [3.63, 3.8) is 0 Å². The van der Waals surface area contributed by atoms with Gasteiger partial charge < -0.3 is 0 Å². The summed E-state index contributed by atoms with van der Waals surface area (Å²) in [4.78, 5) is 17.3. The first-order chi connectivity index (χ1) is 13.5. The fraction of sp³-hybridized carbons (Fsp3) is 0.150. The Bertz CT molecular complexity index is 1180. The Morgan fingerprint density at radius 3 is 2.64 bits per heavy atom. The van der Waals surface area contributed by atoms with Crippen LogP contribution in [-0.4, -0.2) is 30.2 Å². The fourth-order valence-corrected chi connectivity index (χ4v) is 2.96. The SMILES string of the molecule is CC(=NNc1ncnc2cc(Cl)ccc12)c1ccc(-n2cnc(C)c2C)nc1. The third kappa shape index (κ3) is 3.44. The van der Waals surface area contributed by atoms with Crippen LogP contribution in [0.25, 0.3) is 16.7 Å². The van der Waals surface area contributed by atoms with E-state index in [-0.39, 0.29) is 0 Å². The molecule has 0 atom stereocenters. The van der Waals surface area contributed by atoms with Gasteiger partial charge in [0.2, 0.25) is 0 Å². The number of hydrogen-bond donors (Lipinski definition) is 1. The minimum Gasteiger partial charge on any atom is -0.287 e. The van der Waals surface area contributed by atoms with Gasteiger partial charge in [-0.05, 0) is 51.1 Å². The molecule has 28 heavy (non-hydrogen) atoms. The van der Waals surface area contributed by atoms with Crippen LogP contribution in [0.15, 0.2) is 54.3 Å². The normalized spacial score (nSPS) is 11.8. The van der Waals surface area contributed by atoms with Crippen molar-refractivity contribution in [2.75, 3.05) is 5.43 Å². The number of nitrogens with zero attached hydrogens (tertiary/aromatic N) is 6. The molecule has 0 amide bonds. The van der Waals surface area contributed by atoms with E-state index < -0.39 is 0 Å². The highest BCUT2D eigenvalue weighted by Gasteiger charge is 2.07. The van der Waals surface area contributed by atoms with Gasteiger partial charge in [0.1, 0.15) is 18.5 Å². The van der Waals surface area contributed by atoms with Crippen LogP contribution in [-0.2, 0) is 0 Å². The number of anilines is 1. The average Bonchev–Trinajstić information content (AvgIpc) is 3.04. The minimum absolute atomic E-state index is 0.620. The lowest BCUT2D eigenvalue weighted by Crippen LogP contribution is -2.04. The number of pyridine rings is 1. The van der Waals surface area contributed by atoms with Crippen LogP contribution in [0.3, 0.4) is 0 Å². The molecule has 4 rings (SSSR count). The van der Waals surface area contributed by atoms with Crippen molar-refractivity contribution < 1.29 is 0 Å². The van der Waals surface area contributed by atoms with Crippen LogP contribution in [0.1, 0.15) is 23.9 Å². The molecule has 8 heteroatoms. The molecule has 0 bridgehead atoms. The molecule has 0 radical (unpaired) electrons. The average molecular weight is 392 g/mol. The Morgan fingerprint density at radius 2 is 1.93 bits per heavy atom. The number of rotatable bonds is 4. The second-order valence-electron chi connectivity index (χ2n) is 6.38. The molecule has 1 N–H and O–H groups in total. The molecule has 0 saturated carbocycles. The van der Waals surface area contributed by atoms with E-state index in [4.69, 9.17) is 11.6 Å². The van der Waals surface area contributed by atoms with Crippen LogP contribution in [0.5, 0.6) is 0 Å². The molecule has 0 saturated heterocycles. The van der Waals surface area contributed by atoms with E-state index in [2.05, 4.69) is 30.5 Å². The zero-order chi connectivity index (χ0) is 19.7. The Balaban J connectivity index is 1.57. The number of fused-ring (bicyclic) bond motifs is 1. The smallest absolute Gasteiger partial charge is 0.157 e. The highest BCUT2D eigenvalue weighted by atomic mass is 35.5. The number of hydrogen-bond acceptors (Lipinski definition) is 6. The van der Waals surface area contributed by atoms with Crippen molar-refractivity contribution in [3.8, 4) is 5.82 Å². The summed E-state index contributed by atoms with van der Waals surface area (Å²) in [6, 6.07) is 9.40. The summed E-state index contributed by atoms with van der Waals surface area (Å²) >= 11 is 6.03. The summed E-state index contributed by atoms with van der Waals surface area (Å²) in [6.45, 7) is 5.91. The molecule has 7 nitrogen and oxygen atoms in total. The van der Waals surface area contributed by atoms with Gasteiger partial charge in [-0.1, -0.05) is 11.6 Å². The van der Waals surface area contributed by atoms with Crippen LogP contribution in [0, 0.1) is 13.8 Å². The van der Waals surface area contributed by atoms with E-state index in [9.17, 15) is 0 Å². The molecule has 0 spiro atoms. The van der Waals surface area contributed by atoms with Crippen molar-refractivity contribution in [2.24, 2.45) is 5.10 Å². The summed E-state index contributed by atoms with van der Waals surface area (Å²) in [6.07, 6.45) is 5.06. The molecule has 140 valence electrons. The predicted molar refractivity (Wildman–Crippen MR) is 111 cm³/mol. The maximum atomic E-state index is 6.03. The molecule has 0 unspecified atom stereocenters. The number of aromatic nitrogens is 5. The molecule has 0 aliphatic heterocycles. The number of hydrazone groups is 1. The van der Waals surface area contributed by atoms with Gasteiger partial charge in [-0.2, -0.15) is 5.10 Å². The zero-order valence-corrected chi connectivity index (χ0v) is 16.4. The summed E-state index contributed by atoms with van der Waals surface area (Å²) in [5.74, 6) is 1.44. The van der Waals surface area contributed by atoms with Crippen molar-refractivity contribution in [1.29, 1.82) is 0 Å². The van der Waals surface area contributed by atoms with Crippen LogP contribution >= 0.6 is 11.6 Å². The van der Waals surface area contributed by atoms with Gasteiger partial charge >= 0.3 is 0 Å². The lowest BCUT2D eigenvalue weighted by atomic mass is 10.2. The number of imidazole rings is 1. The van der Waals surface area contributed by atoms with Crippen molar-refractivity contribution in [2.45, 2.75) is 20.8 Å². The quantitative estimate of drug-likeness (QED) is 0.414. The van der Waals surface area contributed by atoms with Crippen molar-refractivity contribution >= 4 is 34.0 Å². The van der Waals surface area contributed by atoms with E-state index in [1.165, 1.54) is 6.33 Å². The first-order valence-electron chi connectivity index (χ1n) is 8.71. The third-order valence-electron chi connectivity index (χ3n) is 4.59. The van der Waals surface area contributed by atoms with Gasteiger partial charge in [-0.25, -0.2) is 19.9 Å². The monoisotopic (exact) mass is 391 g/mol. The van der Waals surface area contributed by atoms with Gasteiger partial charge in [0.05, 0.1) is 16.9 Å². The number of halogens is 1. The number of benzene rings is 1. The van der Waals surface area contributed by atoms with Gasteiger partial charge in [-0.3, -0.25) is 9.99 Å². The largest absolute Gasteiger partial charge is 0.287 e. The Kier molecular flexibility index (Phi) is 4.75. The molecular weight excluding hydrogens is 374 g/mol. The first kappa shape index (κ1) is 18.1. The number of aryl methyl sites for hydroxylation is 1. The minimum atomic E-state index is 0.620. The molecule has 0 aliphatic rings. The van der Waals surface area contributed by atoms with Gasteiger partial charge in [0.25, 0.3) is 0 Å². The van der Waals surface area contributed by atoms with E-state index in [0.717, 1.165) is 39.4 Å². The van der Waals surface area contributed by atoms with Gasteiger partial charge in [0, 0.05) is 27.9 Å². The lowest BCUT2D eigenvalue weighted by Gasteiger charge is -2.07. The van der Waals surface area contributed by atoms with Crippen molar-refractivity contribution in [3.05, 3.63) is 71.2 Å². The van der Waals surface area contributed by atoms with Gasteiger partial charge in [0.15, 0.2) is 5.82 Å². The third-order valence-corrected chi connectivity index (χ3v) is 4.83. The molecule has 0 aliphatic carbocycles. The number of nitrogens with one attached hydrogen (secondary N) is 1. The fourth-order valence-electron chi connectivity index (χ4n) is 2.79. The summed E-state index contributed by atoms with van der Waals surface area (Å²) in [5.41, 5.74) is 7.54. The molecule has 4 aromatic rings. The van der Waals surface area contributed by atoms with Crippen LogP contribution < -0.4 is 5.43 Å². The van der Waals surface area contributed by atoms with Crippen LogP contribution in [0.4, 0.5) is 5.82 Å². The Morgan fingerprint density at radius 1 is 1.07 bits per heavy atom. The molecular formula is C20H18ClN7. The Hall–Kier alpha value is -3.32. The second kappa shape index (κ2) is 7.36. The van der Waals surface area contributed by atoms with E-state index in [1.807, 2.05) is 43.5 Å². The standard InChI is InChI=1S/C20H18ClN7/c1-12-14(3)28(11-25-12)19-7-4-15(9-22-19)13(2)26-27-20-17-6-5-16(21)8-18(17)23-10-24-20/h4-11H,1-3H3,(H,23,24,27). The molecule has 0 fully saturated rings. The van der Waals surface area contributed by atoms with E-state index in [1.54, 1.807) is 24.7 Å². The lowest BCUT2D eigenvalue weighted by molar-refractivity contribution is 0.949.